The first-order chi connectivity index (χ1) is 10.1. The van der Waals surface area contributed by atoms with Gasteiger partial charge in [-0.1, -0.05) is 42.8 Å². The summed E-state index contributed by atoms with van der Waals surface area (Å²) in [6.07, 6.45) is 1.81. The summed E-state index contributed by atoms with van der Waals surface area (Å²) in [5, 5.41) is 2.43. The lowest BCUT2D eigenvalue weighted by molar-refractivity contribution is 0.134. The molecule has 1 saturated heterocycles. The summed E-state index contributed by atoms with van der Waals surface area (Å²) in [6, 6.07) is 11.2. The predicted octanol–water partition coefficient (Wildman–Crippen LogP) is 4.72. The molecule has 0 radical (unpaired) electrons. The van der Waals surface area contributed by atoms with Gasteiger partial charge in [-0.2, -0.15) is 0 Å². The zero-order chi connectivity index (χ0) is 14.8. The monoisotopic (exact) mass is 303 g/mol. The average molecular weight is 304 g/mol. The Morgan fingerprint density at radius 1 is 1.14 bits per heavy atom. The third kappa shape index (κ3) is 2.98. The molecule has 0 spiro atoms. The van der Waals surface area contributed by atoms with Gasteiger partial charge in [-0.05, 0) is 30.9 Å². The Morgan fingerprint density at radius 3 is 2.52 bits per heavy atom. The second-order valence-corrected chi connectivity index (χ2v) is 6.04. The van der Waals surface area contributed by atoms with Crippen molar-refractivity contribution in [2.45, 2.75) is 19.8 Å². The second kappa shape index (κ2) is 5.94. The quantitative estimate of drug-likeness (QED) is 0.762. The lowest BCUT2D eigenvalue weighted by Gasteiger charge is -2.29. The Labute approximate surface area is 129 Å². The zero-order valence-corrected chi connectivity index (χ0v) is 12.8. The van der Waals surface area contributed by atoms with Crippen LogP contribution >= 0.6 is 11.6 Å². The Kier molecular flexibility index (Phi) is 4.02. The third-order valence-corrected chi connectivity index (χ3v) is 4.40. The molecular formula is C17H18ClNO2. The van der Waals surface area contributed by atoms with Gasteiger partial charge in [0.25, 0.3) is 0 Å². The van der Waals surface area contributed by atoms with E-state index < -0.39 is 0 Å². The van der Waals surface area contributed by atoms with Crippen molar-refractivity contribution in [1.82, 2.24) is 4.90 Å². The van der Waals surface area contributed by atoms with Crippen molar-refractivity contribution in [1.29, 1.82) is 0 Å². The van der Waals surface area contributed by atoms with E-state index in [0.29, 0.717) is 16.7 Å². The number of hydrogen-bond donors (Lipinski definition) is 0. The zero-order valence-electron chi connectivity index (χ0n) is 12.0. The number of piperidine rings is 1. The number of carbonyl (C=O) groups is 1. The van der Waals surface area contributed by atoms with E-state index >= 15 is 0 Å². The van der Waals surface area contributed by atoms with Gasteiger partial charge in [-0.3, -0.25) is 0 Å². The van der Waals surface area contributed by atoms with Gasteiger partial charge in [-0.15, -0.1) is 0 Å². The van der Waals surface area contributed by atoms with Crippen molar-refractivity contribution < 1.29 is 9.53 Å². The molecule has 0 bridgehead atoms. The van der Waals surface area contributed by atoms with Crippen molar-refractivity contribution >= 4 is 28.5 Å². The van der Waals surface area contributed by atoms with Crippen LogP contribution in [-0.4, -0.2) is 24.1 Å². The van der Waals surface area contributed by atoms with Crippen molar-refractivity contribution in [3.05, 3.63) is 41.4 Å². The molecule has 1 amide bonds. The Bertz CT molecular complexity index is 663. The highest BCUT2D eigenvalue weighted by Gasteiger charge is 2.22. The number of carbonyl (C=O) groups excluding carboxylic acids is 1. The van der Waals surface area contributed by atoms with E-state index in [1.54, 1.807) is 17.0 Å². The van der Waals surface area contributed by atoms with Crippen molar-refractivity contribution in [2.75, 3.05) is 13.1 Å². The lowest BCUT2D eigenvalue weighted by atomic mass is 10.00. The van der Waals surface area contributed by atoms with Gasteiger partial charge >= 0.3 is 6.09 Å². The summed E-state index contributed by atoms with van der Waals surface area (Å²) in [7, 11) is 0. The highest BCUT2D eigenvalue weighted by Crippen LogP contribution is 2.31. The number of fused-ring (bicyclic) bond motifs is 1. The minimum Gasteiger partial charge on any atom is -0.410 e. The summed E-state index contributed by atoms with van der Waals surface area (Å²) in [5.74, 6) is 1.25. The highest BCUT2D eigenvalue weighted by atomic mass is 35.5. The van der Waals surface area contributed by atoms with Crippen molar-refractivity contribution in [3.63, 3.8) is 0 Å². The first kappa shape index (κ1) is 14.2. The van der Waals surface area contributed by atoms with Gasteiger partial charge < -0.3 is 9.64 Å². The molecule has 0 N–H and O–H groups in total. The van der Waals surface area contributed by atoms with Gasteiger partial charge in [0.1, 0.15) is 5.75 Å². The van der Waals surface area contributed by atoms with Crippen LogP contribution in [0.1, 0.15) is 19.8 Å². The topological polar surface area (TPSA) is 29.5 Å². The highest BCUT2D eigenvalue weighted by molar-refractivity contribution is 6.35. The summed E-state index contributed by atoms with van der Waals surface area (Å²) < 4.78 is 5.59. The molecule has 3 rings (SSSR count). The van der Waals surface area contributed by atoms with E-state index in [2.05, 4.69) is 6.92 Å². The number of halogens is 1. The average Bonchev–Trinajstić information content (AvgIpc) is 2.51. The fourth-order valence-electron chi connectivity index (χ4n) is 2.67. The minimum atomic E-state index is -0.269. The normalized spacial score (nSPS) is 16.2. The molecule has 1 heterocycles. The van der Waals surface area contributed by atoms with Crippen molar-refractivity contribution in [3.8, 4) is 5.75 Å². The van der Waals surface area contributed by atoms with Crippen LogP contribution in [-0.2, 0) is 0 Å². The molecule has 4 heteroatoms. The third-order valence-electron chi connectivity index (χ3n) is 4.07. The molecule has 0 aromatic heterocycles. The van der Waals surface area contributed by atoms with Gasteiger partial charge in [0.05, 0.1) is 0 Å². The Balaban J connectivity index is 1.82. The van der Waals surface area contributed by atoms with Gasteiger partial charge in [0, 0.05) is 28.9 Å². The Hall–Kier alpha value is -1.74. The molecule has 1 aliphatic rings. The van der Waals surface area contributed by atoms with Crippen LogP contribution in [0.5, 0.6) is 5.75 Å². The van der Waals surface area contributed by atoms with E-state index in [0.717, 1.165) is 36.7 Å². The summed E-state index contributed by atoms with van der Waals surface area (Å²) in [5.41, 5.74) is 0. The van der Waals surface area contributed by atoms with Crippen LogP contribution < -0.4 is 4.74 Å². The largest absolute Gasteiger partial charge is 0.415 e. The summed E-state index contributed by atoms with van der Waals surface area (Å²) in [4.78, 5) is 14.1. The number of hydrogen-bond acceptors (Lipinski definition) is 2. The molecular weight excluding hydrogens is 286 g/mol. The van der Waals surface area contributed by atoms with Crippen LogP contribution in [0.3, 0.4) is 0 Å². The van der Waals surface area contributed by atoms with Crippen LogP contribution in [0.25, 0.3) is 10.8 Å². The smallest absolute Gasteiger partial charge is 0.410 e. The molecule has 110 valence electrons. The van der Waals surface area contributed by atoms with E-state index in [9.17, 15) is 4.79 Å². The van der Waals surface area contributed by atoms with E-state index in [4.69, 9.17) is 16.3 Å². The second-order valence-electron chi connectivity index (χ2n) is 5.63. The maximum Gasteiger partial charge on any atom is 0.415 e. The maximum absolute atomic E-state index is 12.3. The van der Waals surface area contributed by atoms with Gasteiger partial charge in [-0.25, -0.2) is 4.79 Å². The molecule has 0 unspecified atom stereocenters. The Morgan fingerprint density at radius 2 is 1.81 bits per heavy atom. The molecule has 2 aromatic rings. The minimum absolute atomic E-state index is 0.269. The fraction of sp³-hybridized carbons (Fsp3) is 0.353. The summed E-state index contributed by atoms with van der Waals surface area (Å²) in [6.45, 7) is 3.76. The number of nitrogens with zero attached hydrogens (tertiary/aromatic N) is 1. The number of benzene rings is 2. The van der Waals surface area contributed by atoms with E-state index in [1.807, 2.05) is 24.3 Å². The lowest BCUT2D eigenvalue weighted by Crippen LogP contribution is -2.39. The maximum atomic E-state index is 12.3. The number of ether oxygens (including phenoxy) is 1. The van der Waals surface area contributed by atoms with Crippen LogP contribution in [0, 0.1) is 5.92 Å². The summed E-state index contributed by atoms with van der Waals surface area (Å²) >= 11 is 6.18. The number of likely N-dealkylation sites (tertiary alicyclic amines) is 1. The van der Waals surface area contributed by atoms with E-state index in [-0.39, 0.29) is 6.09 Å². The van der Waals surface area contributed by atoms with Crippen molar-refractivity contribution in [2.24, 2.45) is 5.92 Å². The molecule has 3 nitrogen and oxygen atoms in total. The van der Waals surface area contributed by atoms with Gasteiger partial charge in [0.2, 0.25) is 0 Å². The van der Waals surface area contributed by atoms with Crippen LogP contribution in [0.15, 0.2) is 36.4 Å². The molecule has 1 aliphatic heterocycles. The molecule has 2 aromatic carbocycles. The van der Waals surface area contributed by atoms with Gasteiger partial charge in [0.15, 0.2) is 0 Å². The fourth-order valence-corrected chi connectivity index (χ4v) is 2.90. The first-order valence-corrected chi connectivity index (χ1v) is 7.67. The predicted molar refractivity (Wildman–Crippen MR) is 85.0 cm³/mol. The molecule has 0 aliphatic carbocycles. The standard InChI is InChI=1S/C17H18ClNO2/c1-12-8-10-19(11-9-12)17(20)21-16-7-6-15(18)13-4-2-3-5-14(13)16/h2-7,12H,8-11H2,1H3. The van der Waals surface area contributed by atoms with E-state index in [1.165, 1.54) is 0 Å². The molecule has 1 fully saturated rings. The molecule has 0 saturated carbocycles. The first-order valence-electron chi connectivity index (χ1n) is 7.29. The molecule has 0 atom stereocenters. The van der Waals surface area contributed by atoms with Crippen LogP contribution in [0.4, 0.5) is 4.79 Å². The number of rotatable bonds is 1. The molecule has 21 heavy (non-hydrogen) atoms. The van der Waals surface area contributed by atoms with Crippen LogP contribution in [0.2, 0.25) is 5.02 Å². The number of amides is 1. The SMILES string of the molecule is CC1CCN(C(=O)Oc2ccc(Cl)c3ccccc23)CC1.